The molecule has 168 valence electrons. The largest absolute Gasteiger partial charge is 0.497 e. The number of amides is 1. The van der Waals surface area contributed by atoms with Gasteiger partial charge in [0.2, 0.25) is 5.76 Å². The molecule has 0 unspecified atom stereocenters. The summed E-state index contributed by atoms with van der Waals surface area (Å²) >= 11 is 0. The van der Waals surface area contributed by atoms with E-state index in [2.05, 4.69) is 4.72 Å². The molecule has 0 aliphatic carbocycles. The monoisotopic (exact) mass is 461 g/mol. The fraction of sp³-hybridized carbons (Fsp3) is 0.250. The van der Waals surface area contributed by atoms with Gasteiger partial charge in [-0.1, -0.05) is 12.1 Å². The van der Waals surface area contributed by atoms with E-state index in [1.165, 1.54) is 18.1 Å². The minimum Gasteiger partial charge on any atom is -0.497 e. The summed E-state index contributed by atoms with van der Waals surface area (Å²) < 4.78 is 44.6. The van der Waals surface area contributed by atoms with Crippen LogP contribution < -0.4 is 9.46 Å². The predicted octanol–water partition coefficient (Wildman–Crippen LogP) is 2.62. The summed E-state index contributed by atoms with van der Waals surface area (Å²) in [6.07, 6.45) is 0. The molecule has 1 aliphatic heterocycles. The van der Waals surface area contributed by atoms with Gasteiger partial charge in [-0.15, -0.1) is 0 Å². The average Bonchev–Trinajstić information content (AvgIpc) is 3.16. The lowest BCUT2D eigenvalue weighted by Crippen LogP contribution is -2.40. The van der Waals surface area contributed by atoms with Crippen molar-refractivity contribution in [2.24, 2.45) is 0 Å². The summed E-state index contributed by atoms with van der Waals surface area (Å²) in [6.45, 7) is 1.36. The predicted molar refractivity (Wildman–Crippen MR) is 113 cm³/mol. The molecular formula is C20H19N3O8S. The first kappa shape index (κ1) is 21.6. The Hall–Kier alpha value is -3.64. The van der Waals surface area contributed by atoms with Crippen molar-refractivity contribution in [3.05, 3.63) is 58.3 Å². The highest BCUT2D eigenvalue weighted by molar-refractivity contribution is 7.93. The molecule has 1 aromatic heterocycles. The van der Waals surface area contributed by atoms with Crippen molar-refractivity contribution in [3.8, 4) is 5.75 Å². The third-order valence-electron chi connectivity index (χ3n) is 4.98. The van der Waals surface area contributed by atoms with Gasteiger partial charge >= 0.3 is 0 Å². The van der Waals surface area contributed by atoms with Gasteiger partial charge in [-0.25, -0.2) is 8.42 Å². The number of nitrogens with one attached hydrogen (secondary N) is 1. The van der Waals surface area contributed by atoms with Crippen molar-refractivity contribution < 1.29 is 32.0 Å². The second-order valence-electron chi connectivity index (χ2n) is 6.90. The number of methoxy groups -OCH3 is 1. The highest BCUT2D eigenvalue weighted by Crippen LogP contribution is 2.35. The molecule has 0 atom stereocenters. The summed E-state index contributed by atoms with van der Waals surface area (Å²) in [6, 6.07) is 9.92. The van der Waals surface area contributed by atoms with Gasteiger partial charge in [0.15, 0.2) is 4.90 Å². The van der Waals surface area contributed by atoms with E-state index < -0.39 is 31.4 Å². The first-order chi connectivity index (χ1) is 15.3. The number of hydrogen-bond acceptors (Lipinski definition) is 8. The molecule has 12 heteroatoms. The molecule has 0 radical (unpaired) electrons. The summed E-state index contributed by atoms with van der Waals surface area (Å²) in [5, 5.41) is 11.9. The molecule has 1 fully saturated rings. The number of rotatable bonds is 6. The van der Waals surface area contributed by atoms with Crippen LogP contribution in [0, 0.1) is 10.1 Å². The Kier molecular flexibility index (Phi) is 5.72. The van der Waals surface area contributed by atoms with E-state index in [0.717, 1.165) is 12.1 Å². The zero-order valence-corrected chi connectivity index (χ0v) is 17.8. The highest BCUT2D eigenvalue weighted by atomic mass is 32.2. The number of benzene rings is 2. The van der Waals surface area contributed by atoms with Crippen LogP contribution in [0.1, 0.15) is 10.6 Å². The van der Waals surface area contributed by atoms with Crippen LogP contribution in [0.15, 0.2) is 51.8 Å². The Morgan fingerprint density at radius 1 is 1.19 bits per heavy atom. The van der Waals surface area contributed by atoms with Gasteiger partial charge in [0.1, 0.15) is 17.0 Å². The van der Waals surface area contributed by atoms with Crippen LogP contribution in [-0.2, 0) is 14.8 Å². The number of carbonyl (C=O) groups excluding carboxylic acids is 1. The van der Waals surface area contributed by atoms with E-state index in [0.29, 0.717) is 37.3 Å². The Labute approximate surface area is 182 Å². The normalized spacial score (nSPS) is 14.3. The average molecular weight is 461 g/mol. The molecule has 11 nitrogen and oxygen atoms in total. The van der Waals surface area contributed by atoms with Crippen molar-refractivity contribution in [1.82, 2.24) is 4.90 Å². The second-order valence-corrected chi connectivity index (χ2v) is 8.55. The molecule has 1 aliphatic rings. The van der Waals surface area contributed by atoms with E-state index in [1.54, 1.807) is 24.3 Å². The Balaban J connectivity index is 1.80. The molecule has 1 saturated heterocycles. The van der Waals surface area contributed by atoms with Gasteiger partial charge in [-0.3, -0.25) is 19.6 Å². The molecule has 0 saturated carbocycles. The minimum absolute atomic E-state index is 0.0813. The van der Waals surface area contributed by atoms with Gasteiger partial charge in [0.25, 0.3) is 21.6 Å². The Bertz CT molecular complexity index is 1300. The van der Waals surface area contributed by atoms with Crippen LogP contribution in [-0.4, -0.2) is 57.6 Å². The third kappa shape index (κ3) is 3.97. The summed E-state index contributed by atoms with van der Waals surface area (Å²) in [5.41, 5.74) is -0.445. The number of morpholine rings is 1. The minimum atomic E-state index is -4.46. The van der Waals surface area contributed by atoms with Gasteiger partial charge in [-0.2, -0.15) is 0 Å². The van der Waals surface area contributed by atoms with Crippen molar-refractivity contribution in [2.75, 3.05) is 38.1 Å². The number of nitrogens with zero attached hydrogens (tertiary/aromatic N) is 2. The quantitative estimate of drug-likeness (QED) is 0.436. The summed E-state index contributed by atoms with van der Waals surface area (Å²) in [7, 11) is -3.15. The lowest BCUT2D eigenvalue weighted by molar-refractivity contribution is -0.387. The van der Waals surface area contributed by atoms with Crippen LogP contribution in [0.4, 0.5) is 11.4 Å². The van der Waals surface area contributed by atoms with Crippen LogP contribution in [0.5, 0.6) is 5.75 Å². The number of nitro groups is 1. The molecule has 0 spiro atoms. The zero-order chi connectivity index (χ0) is 22.9. The maximum absolute atomic E-state index is 13.2. The number of furan rings is 1. The number of carbonyl (C=O) groups is 1. The lowest BCUT2D eigenvalue weighted by Gasteiger charge is -2.26. The summed E-state index contributed by atoms with van der Waals surface area (Å²) in [4.78, 5) is 24.7. The first-order valence-electron chi connectivity index (χ1n) is 9.55. The number of fused-ring (bicyclic) bond motifs is 1. The fourth-order valence-corrected chi connectivity index (χ4v) is 4.63. The molecule has 32 heavy (non-hydrogen) atoms. The van der Waals surface area contributed by atoms with E-state index in [9.17, 15) is 23.3 Å². The second kappa shape index (κ2) is 8.48. The zero-order valence-electron chi connectivity index (χ0n) is 16.9. The topological polar surface area (TPSA) is 141 Å². The molecule has 3 aromatic rings. The van der Waals surface area contributed by atoms with E-state index in [4.69, 9.17) is 13.9 Å². The van der Waals surface area contributed by atoms with Crippen LogP contribution in [0.25, 0.3) is 11.0 Å². The fourth-order valence-electron chi connectivity index (χ4n) is 3.39. The molecule has 2 aromatic carbocycles. The first-order valence-corrected chi connectivity index (χ1v) is 11.0. The van der Waals surface area contributed by atoms with Gasteiger partial charge < -0.3 is 18.8 Å². The van der Waals surface area contributed by atoms with E-state index in [-0.39, 0.29) is 17.2 Å². The van der Waals surface area contributed by atoms with E-state index in [1.807, 2.05) is 0 Å². The van der Waals surface area contributed by atoms with Gasteiger partial charge in [0.05, 0.1) is 31.3 Å². The maximum Gasteiger partial charge on any atom is 0.293 e. The molecule has 0 bridgehead atoms. The van der Waals surface area contributed by atoms with Crippen molar-refractivity contribution in [2.45, 2.75) is 4.90 Å². The third-order valence-corrected chi connectivity index (χ3v) is 6.37. The lowest BCUT2D eigenvalue weighted by atomic mass is 10.2. The molecule has 1 N–H and O–H groups in total. The summed E-state index contributed by atoms with van der Waals surface area (Å²) in [5.74, 6) is -0.577. The maximum atomic E-state index is 13.2. The van der Waals surface area contributed by atoms with Crippen molar-refractivity contribution >= 4 is 38.3 Å². The Morgan fingerprint density at radius 2 is 1.91 bits per heavy atom. The SMILES string of the molecule is COc1ccc(S(=O)(=O)Nc2c(C(=O)N3CCOCC3)oc3ccccc23)c([N+](=O)[O-])c1. The van der Waals surface area contributed by atoms with Crippen molar-refractivity contribution in [1.29, 1.82) is 0 Å². The molecule has 4 rings (SSSR count). The van der Waals surface area contributed by atoms with Crippen molar-refractivity contribution in [3.63, 3.8) is 0 Å². The molecule has 1 amide bonds. The standard InChI is InChI=1S/C20H19N3O8S/c1-29-13-6-7-17(15(12-13)23(25)26)32(27,28)21-18-14-4-2-3-5-16(14)31-19(18)20(24)22-8-10-30-11-9-22/h2-7,12,21H,8-11H2,1H3. The molecule has 2 heterocycles. The van der Waals surface area contributed by atoms with Crippen LogP contribution in [0.3, 0.4) is 0 Å². The number of para-hydroxylation sites is 1. The smallest absolute Gasteiger partial charge is 0.293 e. The van der Waals surface area contributed by atoms with E-state index >= 15 is 0 Å². The number of hydrogen-bond donors (Lipinski definition) is 1. The highest BCUT2D eigenvalue weighted by Gasteiger charge is 2.32. The number of sulfonamides is 1. The van der Waals surface area contributed by atoms with Crippen LogP contribution in [0.2, 0.25) is 0 Å². The number of ether oxygens (including phenoxy) is 2. The van der Waals surface area contributed by atoms with Crippen LogP contribution >= 0.6 is 0 Å². The molecular weight excluding hydrogens is 442 g/mol. The van der Waals surface area contributed by atoms with Gasteiger partial charge in [0, 0.05) is 18.5 Å². The number of anilines is 1. The van der Waals surface area contributed by atoms with Gasteiger partial charge in [-0.05, 0) is 24.3 Å². The Morgan fingerprint density at radius 3 is 2.59 bits per heavy atom. The number of nitro benzene ring substituents is 1.